The Hall–Kier alpha value is -1.66. The number of benzene rings is 2. The number of allylic oxidation sites excluding steroid dienone is 1. The summed E-state index contributed by atoms with van der Waals surface area (Å²) in [5.41, 5.74) is 1.18. The topological polar surface area (TPSA) is 39.9 Å². The van der Waals surface area contributed by atoms with Gasteiger partial charge in [-0.05, 0) is 42.3 Å². The predicted molar refractivity (Wildman–Crippen MR) is 122 cm³/mol. The van der Waals surface area contributed by atoms with E-state index in [1.807, 2.05) is 30.3 Å². The van der Waals surface area contributed by atoms with Gasteiger partial charge in [-0.3, -0.25) is 0 Å². The monoisotopic (exact) mass is 467 g/mol. The van der Waals surface area contributed by atoms with E-state index >= 15 is 0 Å². The van der Waals surface area contributed by atoms with Crippen molar-refractivity contribution in [2.24, 2.45) is 0 Å². The second-order valence-electron chi connectivity index (χ2n) is 6.24. The van der Waals surface area contributed by atoms with Gasteiger partial charge in [0.1, 0.15) is 11.6 Å². The smallest absolute Gasteiger partial charge is 0.191 e. The van der Waals surface area contributed by atoms with Crippen LogP contribution in [0.4, 0.5) is 0 Å². The summed E-state index contributed by atoms with van der Waals surface area (Å²) in [7, 11) is 0. The number of hydrogen-bond acceptors (Lipinski definition) is 4. The van der Waals surface area contributed by atoms with E-state index in [2.05, 4.69) is 21.3 Å². The summed E-state index contributed by atoms with van der Waals surface area (Å²) in [4.78, 5) is 0. The fourth-order valence-corrected chi connectivity index (χ4v) is 4.17. The number of aromatic nitrogens is 3. The summed E-state index contributed by atoms with van der Waals surface area (Å²) < 4.78 is 7.84. The third kappa shape index (κ3) is 6.41. The van der Waals surface area contributed by atoms with E-state index < -0.39 is 0 Å². The Bertz CT molecular complexity index is 960. The molecule has 4 nitrogen and oxygen atoms in total. The molecule has 2 aromatic carbocycles. The molecule has 0 aliphatic carbocycles. The summed E-state index contributed by atoms with van der Waals surface area (Å²) >= 11 is 19.6. The average molecular weight is 469 g/mol. The lowest BCUT2D eigenvalue weighted by molar-refractivity contribution is 0.309. The number of rotatable bonds is 10. The summed E-state index contributed by atoms with van der Waals surface area (Å²) in [5, 5.41) is 11.4. The Labute approximate surface area is 189 Å². The molecular weight excluding hydrogens is 449 g/mol. The first-order valence-electron chi connectivity index (χ1n) is 9.05. The van der Waals surface area contributed by atoms with E-state index in [9.17, 15) is 0 Å². The van der Waals surface area contributed by atoms with Crippen LogP contribution < -0.4 is 4.74 Å². The van der Waals surface area contributed by atoms with Gasteiger partial charge in [0.05, 0.1) is 11.6 Å². The van der Waals surface area contributed by atoms with E-state index in [4.69, 9.17) is 39.5 Å². The van der Waals surface area contributed by atoms with Gasteiger partial charge in [-0.25, -0.2) is 0 Å². The molecule has 0 saturated carbocycles. The molecule has 0 N–H and O–H groups in total. The van der Waals surface area contributed by atoms with Crippen LogP contribution in [0.3, 0.4) is 0 Å². The third-order valence-corrected chi connectivity index (χ3v) is 5.90. The van der Waals surface area contributed by atoms with Gasteiger partial charge >= 0.3 is 0 Å². The van der Waals surface area contributed by atoms with E-state index in [1.165, 1.54) is 5.56 Å². The van der Waals surface area contributed by atoms with Crippen LogP contribution in [0.5, 0.6) is 5.75 Å². The Morgan fingerprint density at radius 1 is 1.03 bits per heavy atom. The Morgan fingerprint density at radius 3 is 2.52 bits per heavy atom. The van der Waals surface area contributed by atoms with Crippen LogP contribution in [0.1, 0.15) is 17.8 Å². The van der Waals surface area contributed by atoms with Crippen molar-refractivity contribution < 1.29 is 4.74 Å². The molecule has 0 aliphatic rings. The maximum absolute atomic E-state index is 6.13. The van der Waals surface area contributed by atoms with Gasteiger partial charge in [-0.1, -0.05) is 64.8 Å². The van der Waals surface area contributed by atoms with Gasteiger partial charge < -0.3 is 9.30 Å². The molecule has 0 saturated heterocycles. The van der Waals surface area contributed by atoms with Gasteiger partial charge in [-0.15, -0.1) is 16.8 Å². The Balaban J connectivity index is 1.56. The van der Waals surface area contributed by atoms with Crippen LogP contribution in [-0.4, -0.2) is 21.4 Å². The molecule has 29 heavy (non-hydrogen) atoms. The number of thioether (sulfide) groups is 1. The van der Waals surface area contributed by atoms with Gasteiger partial charge in [-0.2, -0.15) is 0 Å². The molecule has 0 bridgehead atoms. The SMILES string of the molecule is C=CCn1c(CCCOc2ccc(Cl)cc2Cl)nnc1SCc1ccc(Cl)cc1. The lowest BCUT2D eigenvalue weighted by Crippen LogP contribution is -2.07. The Morgan fingerprint density at radius 2 is 1.79 bits per heavy atom. The molecule has 8 heteroatoms. The lowest BCUT2D eigenvalue weighted by Gasteiger charge is -2.09. The van der Waals surface area contributed by atoms with Gasteiger partial charge in [0.2, 0.25) is 0 Å². The molecule has 1 heterocycles. The van der Waals surface area contributed by atoms with Gasteiger partial charge in [0, 0.05) is 28.8 Å². The zero-order chi connectivity index (χ0) is 20.6. The number of ether oxygens (including phenoxy) is 1. The maximum atomic E-state index is 6.13. The van der Waals surface area contributed by atoms with Crippen LogP contribution in [-0.2, 0) is 18.7 Å². The number of nitrogens with zero attached hydrogens (tertiary/aromatic N) is 3. The molecule has 0 aliphatic heterocycles. The van der Waals surface area contributed by atoms with Crippen molar-refractivity contribution in [2.45, 2.75) is 30.3 Å². The highest BCUT2D eigenvalue weighted by atomic mass is 35.5. The van der Waals surface area contributed by atoms with Crippen LogP contribution in [0.25, 0.3) is 0 Å². The normalized spacial score (nSPS) is 10.9. The van der Waals surface area contributed by atoms with Crippen molar-refractivity contribution in [1.82, 2.24) is 14.8 Å². The molecule has 3 aromatic rings. The quantitative estimate of drug-likeness (QED) is 0.188. The fourth-order valence-electron chi connectivity index (χ4n) is 2.66. The zero-order valence-corrected chi connectivity index (χ0v) is 18.7. The molecule has 0 atom stereocenters. The summed E-state index contributed by atoms with van der Waals surface area (Å²) in [6.45, 7) is 5.03. The van der Waals surface area contributed by atoms with Crippen molar-refractivity contribution in [3.8, 4) is 5.75 Å². The minimum atomic E-state index is 0.508. The highest BCUT2D eigenvalue weighted by molar-refractivity contribution is 7.98. The summed E-state index contributed by atoms with van der Waals surface area (Å²) in [6.07, 6.45) is 3.38. The number of hydrogen-bond donors (Lipinski definition) is 0. The van der Waals surface area contributed by atoms with Gasteiger partial charge in [0.15, 0.2) is 5.16 Å². The lowest BCUT2D eigenvalue weighted by atomic mass is 10.2. The second kappa shape index (κ2) is 10.9. The highest BCUT2D eigenvalue weighted by Crippen LogP contribution is 2.28. The largest absolute Gasteiger partial charge is 0.492 e. The van der Waals surface area contributed by atoms with Gasteiger partial charge in [0.25, 0.3) is 0 Å². The first kappa shape index (κ1) is 22.0. The number of aryl methyl sites for hydroxylation is 1. The molecule has 0 unspecified atom stereocenters. The molecular formula is C21H20Cl3N3OS. The van der Waals surface area contributed by atoms with E-state index in [0.29, 0.717) is 28.9 Å². The highest BCUT2D eigenvalue weighted by Gasteiger charge is 2.12. The molecule has 3 rings (SSSR count). The van der Waals surface area contributed by atoms with Crippen LogP contribution in [0, 0.1) is 0 Å². The van der Waals surface area contributed by atoms with Crippen LogP contribution >= 0.6 is 46.6 Å². The first-order valence-corrected chi connectivity index (χ1v) is 11.2. The minimum Gasteiger partial charge on any atom is -0.492 e. The second-order valence-corrected chi connectivity index (χ2v) is 8.46. The van der Waals surface area contributed by atoms with Crippen LogP contribution in [0.2, 0.25) is 15.1 Å². The third-order valence-electron chi connectivity index (χ3n) is 4.08. The van der Waals surface area contributed by atoms with Crippen molar-refractivity contribution in [3.05, 3.63) is 81.6 Å². The summed E-state index contributed by atoms with van der Waals surface area (Å²) in [5.74, 6) is 2.34. The van der Waals surface area contributed by atoms with E-state index in [0.717, 1.165) is 34.6 Å². The van der Waals surface area contributed by atoms with E-state index in [-0.39, 0.29) is 0 Å². The molecule has 0 spiro atoms. The molecule has 0 fully saturated rings. The minimum absolute atomic E-state index is 0.508. The fraction of sp³-hybridized carbons (Fsp3) is 0.238. The Kier molecular flexibility index (Phi) is 8.30. The molecule has 1 aromatic heterocycles. The number of halogens is 3. The first-order chi connectivity index (χ1) is 14.1. The van der Waals surface area contributed by atoms with Crippen LogP contribution in [0.15, 0.2) is 60.3 Å². The standard InChI is InChI=1S/C21H20Cl3N3OS/c1-2-11-27-20(4-3-12-28-19-10-9-17(23)13-18(19)24)25-26-21(27)29-14-15-5-7-16(22)8-6-15/h2,5-10,13H,1,3-4,11-12,14H2. The molecule has 0 amide bonds. The molecule has 152 valence electrons. The van der Waals surface area contributed by atoms with Crippen molar-refractivity contribution >= 4 is 46.6 Å². The summed E-state index contributed by atoms with van der Waals surface area (Å²) in [6, 6.07) is 13.0. The maximum Gasteiger partial charge on any atom is 0.191 e. The molecule has 0 radical (unpaired) electrons. The van der Waals surface area contributed by atoms with E-state index in [1.54, 1.807) is 30.0 Å². The van der Waals surface area contributed by atoms with Crippen molar-refractivity contribution in [1.29, 1.82) is 0 Å². The van der Waals surface area contributed by atoms with Crippen molar-refractivity contribution in [3.63, 3.8) is 0 Å². The zero-order valence-electron chi connectivity index (χ0n) is 15.7. The predicted octanol–water partition coefficient (Wildman–Crippen LogP) is 6.73. The van der Waals surface area contributed by atoms with Crippen molar-refractivity contribution in [2.75, 3.05) is 6.61 Å². The average Bonchev–Trinajstić information content (AvgIpc) is 3.08.